The number of rotatable bonds is 2. The Labute approximate surface area is 126 Å². The second kappa shape index (κ2) is 5.87. The molecule has 1 amide bonds. The van der Waals surface area contributed by atoms with E-state index in [0.29, 0.717) is 23.2 Å². The molecule has 2 atom stereocenters. The average molecular weight is 283 g/mol. The molecule has 1 aromatic rings. The first-order valence-electron chi connectivity index (χ1n) is 7.72. The number of carbonyl (C=O) groups is 1. The van der Waals surface area contributed by atoms with Crippen molar-refractivity contribution in [1.82, 2.24) is 9.80 Å². The highest BCUT2D eigenvalue weighted by molar-refractivity contribution is 5.95. The van der Waals surface area contributed by atoms with Crippen LogP contribution in [0.3, 0.4) is 0 Å². The summed E-state index contributed by atoms with van der Waals surface area (Å²) in [4.78, 5) is 17.2. The number of benzene rings is 1. The fourth-order valence-corrected chi connectivity index (χ4v) is 3.75. The van der Waals surface area contributed by atoms with Gasteiger partial charge in [0.2, 0.25) is 0 Å². The van der Waals surface area contributed by atoms with Crippen molar-refractivity contribution in [3.63, 3.8) is 0 Å². The molecule has 2 aliphatic rings. The second-order valence-corrected chi connectivity index (χ2v) is 6.09. The molecule has 0 saturated carbocycles. The lowest BCUT2D eigenvalue weighted by Crippen LogP contribution is -2.47. The number of likely N-dealkylation sites (N-methyl/N-ethyl adjacent to an activating group) is 1. The average Bonchev–Trinajstić information content (AvgIpc) is 3.14. The topological polar surface area (TPSA) is 47.3 Å². The molecular formula is C17H21N3O. The van der Waals surface area contributed by atoms with E-state index >= 15 is 0 Å². The third kappa shape index (κ3) is 2.66. The molecule has 1 aromatic carbocycles. The van der Waals surface area contributed by atoms with Gasteiger partial charge in [-0.15, -0.1) is 0 Å². The van der Waals surface area contributed by atoms with Crippen LogP contribution in [-0.2, 0) is 0 Å². The van der Waals surface area contributed by atoms with Crippen LogP contribution in [0.25, 0.3) is 0 Å². The zero-order chi connectivity index (χ0) is 14.8. The van der Waals surface area contributed by atoms with Crippen molar-refractivity contribution in [3.05, 3.63) is 35.4 Å². The van der Waals surface area contributed by atoms with Crippen molar-refractivity contribution in [1.29, 1.82) is 5.26 Å². The van der Waals surface area contributed by atoms with E-state index in [1.807, 2.05) is 11.0 Å². The summed E-state index contributed by atoms with van der Waals surface area (Å²) < 4.78 is 0. The van der Waals surface area contributed by atoms with Crippen LogP contribution in [0.5, 0.6) is 0 Å². The maximum atomic E-state index is 12.8. The molecule has 2 fully saturated rings. The Bertz CT molecular complexity index is 578. The van der Waals surface area contributed by atoms with Crippen molar-refractivity contribution < 1.29 is 4.79 Å². The lowest BCUT2D eigenvalue weighted by Gasteiger charge is -2.33. The molecule has 0 radical (unpaired) electrons. The summed E-state index contributed by atoms with van der Waals surface area (Å²) in [6.07, 6.45) is 4.59. The smallest absolute Gasteiger partial charge is 0.254 e. The van der Waals surface area contributed by atoms with E-state index in [1.165, 1.54) is 12.8 Å². The normalized spacial score (nSPS) is 26.0. The maximum Gasteiger partial charge on any atom is 0.254 e. The van der Waals surface area contributed by atoms with Crippen LogP contribution in [0.15, 0.2) is 24.3 Å². The predicted octanol–water partition coefficient (Wildman–Crippen LogP) is 2.26. The Morgan fingerprint density at radius 3 is 2.71 bits per heavy atom. The largest absolute Gasteiger partial charge is 0.334 e. The molecule has 4 heteroatoms. The minimum Gasteiger partial charge on any atom is -0.334 e. The van der Waals surface area contributed by atoms with Crippen molar-refractivity contribution in [2.75, 3.05) is 20.1 Å². The number of likely N-dealkylation sites (tertiary alicyclic amines) is 2. The molecule has 110 valence electrons. The van der Waals surface area contributed by atoms with Crippen LogP contribution in [0, 0.1) is 11.3 Å². The SMILES string of the molecule is CN1CCCC1C1CCCN1C(=O)c1cccc(C#N)c1. The minimum absolute atomic E-state index is 0.0786. The summed E-state index contributed by atoms with van der Waals surface area (Å²) in [5.41, 5.74) is 1.19. The summed E-state index contributed by atoms with van der Waals surface area (Å²) in [6, 6.07) is 9.98. The molecule has 0 aliphatic carbocycles. The monoisotopic (exact) mass is 283 g/mol. The summed E-state index contributed by atoms with van der Waals surface area (Å²) in [6.45, 7) is 1.97. The molecule has 4 nitrogen and oxygen atoms in total. The third-order valence-corrected chi connectivity index (χ3v) is 4.82. The third-order valence-electron chi connectivity index (χ3n) is 4.82. The number of nitriles is 1. The molecule has 2 saturated heterocycles. The van der Waals surface area contributed by atoms with E-state index in [2.05, 4.69) is 18.0 Å². The standard InChI is InChI=1S/C17H21N3O/c1-19-9-3-7-15(19)16-8-4-10-20(16)17(21)14-6-2-5-13(11-14)12-18/h2,5-6,11,15-16H,3-4,7-10H2,1H3. The molecule has 0 bridgehead atoms. The zero-order valence-corrected chi connectivity index (χ0v) is 12.5. The summed E-state index contributed by atoms with van der Waals surface area (Å²) >= 11 is 0. The molecule has 2 unspecified atom stereocenters. The first kappa shape index (κ1) is 14.1. The highest BCUT2D eigenvalue weighted by Gasteiger charge is 2.38. The van der Waals surface area contributed by atoms with Crippen molar-refractivity contribution >= 4 is 5.91 Å². The second-order valence-electron chi connectivity index (χ2n) is 6.09. The Morgan fingerprint density at radius 1 is 1.24 bits per heavy atom. The Balaban J connectivity index is 1.81. The van der Waals surface area contributed by atoms with E-state index in [0.717, 1.165) is 25.9 Å². The lowest BCUT2D eigenvalue weighted by molar-refractivity contribution is 0.0664. The summed E-state index contributed by atoms with van der Waals surface area (Å²) in [7, 11) is 2.16. The van der Waals surface area contributed by atoms with Gasteiger partial charge in [-0.05, 0) is 57.5 Å². The highest BCUT2D eigenvalue weighted by Crippen LogP contribution is 2.30. The number of nitrogens with zero attached hydrogens (tertiary/aromatic N) is 3. The van der Waals surface area contributed by atoms with Gasteiger partial charge in [-0.3, -0.25) is 4.79 Å². The van der Waals surface area contributed by atoms with Crippen LogP contribution in [0.1, 0.15) is 41.6 Å². The Hall–Kier alpha value is -1.86. The molecule has 21 heavy (non-hydrogen) atoms. The van der Waals surface area contributed by atoms with Crippen LogP contribution in [0.4, 0.5) is 0 Å². The van der Waals surface area contributed by atoms with Gasteiger partial charge in [0.1, 0.15) is 0 Å². The Morgan fingerprint density at radius 2 is 2.00 bits per heavy atom. The van der Waals surface area contributed by atoms with E-state index < -0.39 is 0 Å². The molecule has 3 rings (SSSR count). The minimum atomic E-state index is 0.0786. The number of hydrogen-bond donors (Lipinski definition) is 0. The van der Waals surface area contributed by atoms with Gasteiger partial charge in [0.25, 0.3) is 5.91 Å². The fraction of sp³-hybridized carbons (Fsp3) is 0.529. The van der Waals surface area contributed by atoms with Crippen LogP contribution >= 0.6 is 0 Å². The molecule has 2 aliphatic heterocycles. The Kier molecular flexibility index (Phi) is 3.94. The van der Waals surface area contributed by atoms with Crippen LogP contribution in [-0.4, -0.2) is 47.9 Å². The number of amides is 1. The summed E-state index contributed by atoms with van der Waals surface area (Å²) in [5.74, 6) is 0.0786. The van der Waals surface area contributed by atoms with E-state index in [9.17, 15) is 4.79 Å². The van der Waals surface area contributed by atoms with E-state index in [4.69, 9.17) is 5.26 Å². The van der Waals surface area contributed by atoms with Gasteiger partial charge in [0.15, 0.2) is 0 Å². The van der Waals surface area contributed by atoms with Gasteiger partial charge in [-0.2, -0.15) is 5.26 Å². The highest BCUT2D eigenvalue weighted by atomic mass is 16.2. The molecule has 0 aromatic heterocycles. The number of hydrogen-bond acceptors (Lipinski definition) is 3. The summed E-state index contributed by atoms with van der Waals surface area (Å²) in [5, 5.41) is 8.99. The lowest BCUT2D eigenvalue weighted by atomic mass is 10.0. The van der Waals surface area contributed by atoms with E-state index in [1.54, 1.807) is 18.2 Å². The van der Waals surface area contributed by atoms with Gasteiger partial charge in [0, 0.05) is 24.2 Å². The van der Waals surface area contributed by atoms with Crippen molar-refractivity contribution in [2.24, 2.45) is 0 Å². The molecular weight excluding hydrogens is 262 g/mol. The quantitative estimate of drug-likeness (QED) is 0.836. The molecule has 0 spiro atoms. The molecule has 0 N–H and O–H groups in total. The van der Waals surface area contributed by atoms with Crippen LogP contribution < -0.4 is 0 Å². The van der Waals surface area contributed by atoms with Crippen LogP contribution in [0.2, 0.25) is 0 Å². The maximum absolute atomic E-state index is 12.8. The first-order chi connectivity index (χ1) is 10.2. The van der Waals surface area contributed by atoms with Gasteiger partial charge < -0.3 is 9.80 Å². The van der Waals surface area contributed by atoms with Gasteiger partial charge >= 0.3 is 0 Å². The van der Waals surface area contributed by atoms with Gasteiger partial charge in [0.05, 0.1) is 11.6 Å². The molecule has 2 heterocycles. The number of carbonyl (C=O) groups excluding carboxylic acids is 1. The fourth-order valence-electron chi connectivity index (χ4n) is 3.75. The zero-order valence-electron chi connectivity index (χ0n) is 12.5. The van der Waals surface area contributed by atoms with Gasteiger partial charge in [-0.1, -0.05) is 6.07 Å². The first-order valence-corrected chi connectivity index (χ1v) is 7.72. The van der Waals surface area contributed by atoms with E-state index in [-0.39, 0.29) is 5.91 Å². The van der Waals surface area contributed by atoms with Crippen molar-refractivity contribution in [2.45, 2.75) is 37.8 Å². The van der Waals surface area contributed by atoms with Gasteiger partial charge in [-0.25, -0.2) is 0 Å². The predicted molar refractivity (Wildman–Crippen MR) is 80.9 cm³/mol. The van der Waals surface area contributed by atoms with Crippen molar-refractivity contribution in [3.8, 4) is 6.07 Å².